The molecule has 0 rings (SSSR count). The maximum atomic E-state index is 13.3. The normalized spacial score (nSPS) is 12.1. The molecule has 0 aromatic heterocycles. The minimum absolute atomic E-state index is 0.522. The Morgan fingerprint density at radius 2 is 0.795 bits per heavy atom. The number of hydrogen-bond acceptors (Lipinski definition) is 4. The number of unbranched alkanes of at least 4 members (excludes halogenated alkanes) is 22. The largest absolute Gasteiger partial charge is 0.405 e. The molecule has 0 amide bonds. The molecule has 6 heteroatoms. The molecule has 0 saturated heterocycles. The summed E-state index contributed by atoms with van der Waals surface area (Å²) in [5, 5.41) is 3.12. The van der Waals surface area contributed by atoms with Crippen LogP contribution in [0.1, 0.15) is 174 Å². The molecule has 0 atom stereocenters. The van der Waals surface area contributed by atoms with Crippen LogP contribution in [-0.4, -0.2) is 45.3 Å². The van der Waals surface area contributed by atoms with Crippen LogP contribution in [0.15, 0.2) is 0 Å². The van der Waals surface area contributed by atoms with E-state index in [2.05, 4.69) is 37.9 Å². The van der Waals surface area contributed by atoms with Gasteiger partial charge in [0, 0.05) is 6.54 Å². The number of nitrogens with zero attached hydrogens (tertiary/aromatic N) is 1. The zero-order valence-corrected chi connectivity index (χ0v) is 28.0. The fourth-order valence-electron chi connectivity index (χ4n) is 5.00. The molecule has 0 aliphatic carbocycles. The zero-order valence-electron chi connectivity index (χ0n) is 27.1. The van der Waals surface area contributed by atoms with Crippen LogP contribution in [0.2, 0.25) is 0 Å². The van der Waals surface area contributed by atoms with Gasteiger partial charge >= 0.3 is 7.75 Å². The first-order valence-electron chi connectivity index (χ1n) is 17.3. The Labute approximate surface area is 245 Å². The average molecular weight is 575 g/mol. The van der Waals surface area contributed by atoms with Gasteiger partial charge in [0.1, 0.15) is 0 Å². The summed E-state index contributed by atoms with van der Waals surface area (Å²) in [5.41, 5.74) is 0. The molecule has 0 bridgehead atoms. The monoisotopic (exact) mass is 575 g/mol. The van der Waals surface area contributed by atoms with Crippen molar-refractivity contribution in [2.75, 3.05) is 40.4 Å². The smallest absolute Gasteiger partial charge is 0.309 e. The van der Waals surface area contributed by atoms with Crippen LogP contribution < -0.4 is 5.09 Å². The Morgan fingerprint density at radius 1 is 0.487 bits per heavy atom. The molecule has 5 nitrogen and oxygen atoms in total. The molecule has 0 aliphatic heterocycles. The van der Waals surface area contributed by atoms with Crippen LogP contribution in [0.5, 0.6) is 0 Å². The minimum Gasteiger partial charge on any atom is -0.309 e. The van der Waals surface area contributed by atoms with Gasteiger partial charge in [0.05, 0.1) is 13.2 Å². The quantitative estimate of drug-likeness (QED) is 0.0624. The maximum absolute atomic E-state index is 13.3. The van der Waals surface area contributed by atoms with Crippen LogP contribution in [0, 0.1) is 0 Å². The van der Waals surface area contributed by atoms with Gasteiger partial charge in [0.25, 0.3) is 0 Å². The Morgan fingerprint density at radius 3 is 1.10 bits per heavy atom. The molecule has 39 heavy (non-hydrogen) atoms. The SMILES string of the molecule is CCCCCCCCCCCCCCOP(=O)(NCCCN(C)C)OCCCCCCCCCCCCCC. The van der Waals surface area contributed by atoms with Crippen molar-refractivity contribution < 1.29 is 13.6 Å². The lowest BCUT2D eigenvalue weighted by Gasteiger charge is -2.20. The highest BCUT2D eigenvalue weighted by atomic mass is 31.2. The summed E-state index contributed by atoms with van der Waals surface area (Å²) < 4.78 is 25.0. The molecule has 0 aromatic rings. The minimum atomic E-state index is -3.21. The lowest BCUT2D eigenvalue weighted by atomic mass is 10.1. The van der Waals surface area contributed by atoms with Gasteiger partial charge in [-0.15, -0.1) is 0 Å². The summed E-state index contributed by atoms with van der Waals surface area (Å²) in [6.07, 6.45) is 32.4. The van der Waals surface area contributed by atoms with Gasteiger partial charge in [0.15, 0.2) is 0 Å². The van der Waals surface area contributed by atoms with Crippen molar-refractivity contribution in [3.63, 3.8) is 0 Å². The van der Waals surface area contributed by atoms with Crippen LogP contribution in [-0.2, 0) is 13.6 Å². The highest BCUT2D eigenvalue weighted by Crippen LogP contribution is 2.44. The fraction of sp³-hybridized carbons (Fsp3) is 1.00. The Kier molecular flexibility index (Phi) is 31.1. The van der Waals surface area contributed by atoms with Gasteiger partial charge in [0.2, 0.25) is 0 Å². The van der Waals surface area contributed by atoms with E-state index in [1.807, 2.05) is 0 Å². The molecule has 1 N–H and O–H groups in total. The van der Waals surface area contributed by atoms with E-state index in [9.17, 15) is 4.57 Å². The lowest BCUT2D eigenvalue weighted by molar-refractivity contribution is 0.189. The Hall–Kier alpha value is 0.0700. The predicted octanol–water partition coefficient (Wildman–Crippen LogP) is 11.1. The molecule has 0 fully saturated rings. The molecule has 0 radical (unpaired) electrons. The van der Waals surface area contributed by atoms with Crippen LogP contribution in [0.4, 0.5) is 0 Å². The molecule has 0 heterocycles. The lowest BCUT2D eigenvalue weighted by Crippen LogP contribution is -2.21. The van der Waals surface area contributed by atoms with Crippen LogP contribution >= 0.6 is 7.75 Å². The molecule has 236 valence electrons. The maximum Gasteiger partial charge on any atom is 0.405 e. The zero-order chi connectivity index (χ0) is 28.7. The summed E-state index contributed by atoms with van der Waals surface area (Å²) in [6, 6.07) is 0. The van der Waals surface area contributed by atoms with Crippen molar-refractivity contribution in [3.05, 3.63) is 0 Å². The van der Waals surface area contributed by atoms with Crippen molar-refractivity contribution in [3.8, 4) is 0 Å². The molecule has 0 aliphatic rings. The number of rotatable bonds is 33. The van der Waals surface area contributed by atoms with Crippen molar-refractivity contribution in [2.24, 2.45) is 0 Å². The summed E-state index contributed by atoms with van der Waals surface area (Å²) >= 11 is 0. The van der Waals surface area contributed by atoms with Crippen LogP contribution in [0.25, 0.3) is 0 Å². The van der Waals surface area contributed by atoms with Gasteiger partial charge in [-0.25, -0.2) is 9.65 Å². The third-order valence-electron chi connectivity index (χ3n) is 7.61. The second-order valence-corrected chi connectivity index (χ2v) is 13.8. The van der Waals surface area contributed by atoms with E-state index in [-0.39, 0.29) is 0 Å². The Bertz CT molecular complexity index is 485. The first-order valence-corrected chi connectivity index (χ1v) is 18.9. The van der Waals surface area contributed by atoms with Crippen molar-refractivity contribution in [1.29, 1.82) is 0 Å². The van der Waals surface area contributed by atoms with Crippen LogP contribution in [0.3, 0.4) is 0 Å². The third-order valence-corrected chi connectivity index (χ3v) is 9.26. The Balaban J connectivity index is 3.90. The highest BCUT2D eigenvalue weighted by Gasteiger charge is 2.23. The van der Waals surface area contributed by atoms with Crippen molar-refractivity contribution in [1.82, 2.24) is 9.99 Å². The van der Waals surface area contributed by atoms with Gasteiger partial charge in [-0.2, -0.15) is 0 Å². The standard InChI is InChI=1S/C33H71N2O3P/c1-5-7-9-11-13-15-17-19-21-23-25-27-32-37-39(36,34-30-29-31-35(3)4)38-33-28-26-24-22-20-18-16-14-12-10-8-6-2/h5-33H2,1-4H3,(H,34,36). The topological polar surface area (TPSA) is 50.8 Å². The summed E-state index contributed by atoms with van der Waals surface area (Å²) in [4.78, 5) is 2.15. The molecule has 0 saturated carbocycles. The van der Waals surface area contributed by atoms with E-state index in [1.165, 1.54) is 128 Å². The van der Waals surface area contributed by atoms with E-state index in [1.54, 1.807) is 0 Å². The summed E-state index contributed by atoms with van der Waals surface area (Å²) in [5.74, 6) is 0. The molecule has 0 spiro atoms. The number of hydrogen-bond donors (Lipinski definition) is 1. The highest BCUT2D eigenvalue weighted by molar-refractivity contribution is 7.51. The second-order valence-electron chi connectivity index (χ2n) is 12.0. The van der Waals surface area contributed by atoms with Gasteiger partial charge in [-0.3, -0.25) is 9.05 Å². The average Bonchev–Trinajstić information content (AvgIpc) is 2.92. The second kappa shape index (κ2) is 31.0. The van der Waals surface area contributed by atoms with E-state index < -0.39 is 7.75 Å². The first-order chi connectivity index (χ1) is 19.0. The summed E-state index contributed by atoms with van der Waals surface area (Å²) in [6.45, 7) is 7.22. The van der Waals surface area contributed by atoms with Crippen molar-refractivity contribution >= 4 is 7.75 Å². The third kappa shape index (κ3) is 30.8. The molecule has 0 unspecified atom stereocenters. The molecule has 0 aromatic carbocycles. The fourth-order valence-corrected chi connectivity index (χ4v) is 6.42. The van der Waals surface area contributed by atoms with Gasteiger partial charge in [-0.1, -0.05) is 155 Å². The van der Waals surface area contributed by atoms with Gasteiger partial charge < -0.3 is 4.90 Å². The number of nitrogens with one attached hydrogen (secondary N) is 1. The van der Waals surface area contributed by atoms with E-state index >= 15 is 0 Å². The summed E-state index contributed by atoms with van der Waals surface area (Å²) in [7, 11) is 0.914. The van der Waals surface area contributed by atoms with E-state index in [4.69, 9.17) is 9.05 Å². The molecular weight excluding hydrogens is 503 g/mol. The van der Waals surface area contributed by atoms with E-state index in [0.717, 1.165) is 38.6 Å². The first kappa shape index (κ1) is 39.1. The van der Waals surface area contributed by atoms with Crippen molar-refractivity contribution in [2.45, 2.75) is 174 Å². The predicted molar refractivity (Wildman–Crippen MR) is 173 cm³/mol. The molecular formula is C33H71N2O3P. The van der Waals surface area contributed by atoms with Gasteiger partial charge in [-0.05, 0) is 39.9 Å². The van der Waals surface area contributed by atoms with E-state index in [0.29, 0.717) is 19.8 Å².